The molecule has 0 radical (unpaired) electrons. The van der Waals surface area contributed by atoms with Gasteiger partial charge in [0.05, 0.1) is 44.0 Å². The summed E-state index contributed by atoms with van der Waals surface area (Å²) in [4.78, 5) is 0. The van der Waals surface area contributed by atoms with Crippen LogP contribution < -0.4 is 0 Å². The van der Waals surface area contributed by atoms with E-state index in [1.54, 1.807) is 0 Å². The first-order valence-electron chi connectivity index (χ1n) is 36.9. The van der Waals surface area contributed by atoms with E-state index in [4.69, 9.17) is 4.42 Å². The fourth-order valence-corrected chi connectivity index (χ4v) is 16.7. The Hall–Kier alpha value is -10.4. The predicted molar refractivity (Wildman–Crippen MR) is 439 cm³/mol. The van der Waals surface area contributed by atoms with Crippen LogP contribution in [-0.4, -0.2) is 13.4 Å². The van der Waals surface area contributed by atoms with Gasteiger partial charge in [0.1, 0.15) is 5.58 Å². The van der Waals surface area contributed by atoms with Gasteiger partial charge in [-0.2, -0.15) is 0 Å². The van der Waals surface area contributed by atoms with Crippen LogP contribution in [0.15, 0.2) is 229 Å². The van der Waals surface area contributed by atoms with Crippen LogP contribution in [0.5, 0.6) is 0 Å². The molecule has 0 unspecified atom stereocenters. The van der Waals surface area contributed by atoms with Gasteiger partial charge in [0, 0.05) is 65.1 Å². The number of para-hydroxylation sites is 2. The van der Waals surface area contributed by atoms with Crippen molar-refractivity contribution in [1.82, 2.24) is 13.4 Å². The first-order chi connectivity index (χ1) is 48.3. The van der Waals surface area contributed by atoms with Crippen LogP contribution in [0, 0.1) is 0 Å². The summed E-state index contributed by atoms with van der Waals surface area (Å²) in [6.45, 7) is 42.4. The van der Waals surface area contributed by atoms with E-state index in [2.05, 4.69) is 362 Å². The number of furan rings is 1. The van der Waals surface area contributed by atoms with Gasteiger partial charge in [-0.1, -0.05) is 264 Å². The summed E-state index contributed by atoms with van der Waals surface area (Å²) in [7, 11) is 0. The van der Waals surface area contributed by atoms with Crippen molar-refractivity contribution in [3.8, 4) is 61.3 Å². The Morgan fingerprint density at radius 3 is 1.18 bits per heavy atom. The molecule has 0 fully saturated rings. The highest BCUT2D eigenvalue weighted by atomic mass is 16.3. The summed E-state index contributed by atoms with van der Waals surface area (Å²) in [6.07, 6.45) is 0. The Bertz CT molecular complexity index is 6430. The number of nitrogens with zero attached hydrogens (tertiary/aromatic N) is 3. The summed E-state index contributed by atoms with van der Waals surface area (Å²) in [6, 6.07) is 87.2. The molecule has 0 aliphatic carbocycles. The molecule has 0 aliphatic heterocycles. The molecular formula is C98H91N3O. The van der Waals surface area contributed by atoms with Crippen LogP contribution in [-0.2, 0) is 32.5 Å². The van der Waals surface area contributed by atoms with Crippen LogP contribution in [0.4, 0.5) is 0 Å². The number of rotatable bonds is 6. The van der Waals surface area contributed by atoms with E-state index in [-0.39, 0.29) is 32.5 Å². The van der Waals surface area contributed by atoms with Crippen molar-refractivity contribution in [1.29, 1.82) is 0 Å². The maximum atomic E-state index is 7.22. The highest BCUT2D eigenvalue weighted by Crippen LogP contribution is 2.52. The van der Waals surface area contributed by atoms with E-state index in [0.29, 0.717) is 0 Å². The first-order valence-corrected chi connectivity index (χ1v) is 36.9. The molecule has 504 valence electrons. The van der Waals surface area contributed by atoms with Gasteiger partial charge < -0.3 is 13.4 Å². The number of aromatic nitrogens is 3. The molecule has 0 N–H and O–H groups in total. The molecule has 6 aromatic heterocycles. The molecule has 0 saturated heterocycles. The van der Waals surface area contributed by atoms with Crippen molar-refractivity contribution >= 4 is 109 Å². The highest BCUT2D eigenvalue weighted by molar-refractivity contribution is 6.33. The summed E-state index contributed by atoms with van der Waals surface area (Å²) in [5.74, 6) is 0. The van der Waals surface area contributed by atoms with Gasteiger partial charge in [-0.3, -0.25) is 4.40 Å². The molecule has 0 saturated carbocycles. The maximum Gasteiger partial charge on any atom is 0.213 e. The molecule has 0 atom stereocenters. The maximum absolute atomic E-state index is 7.22. The zero-order valence-electron chi connectivity index (χ0n) is 62.6. The SMILES string of the molecule is CC(C)(C)c1cc(-c2cc(-c3ccc4c(c3)c3ccccc3n4-c3cccc(-c4ccccc4)c3)c3c(c2)c2cc(-c4cc(C(C)(C)C)cc(C(C)(C)C)c4)cc4c5cc6c7cc(-c8cc(C(C)(C)C)cc(C(C)(C)C)c8)cc8c9c%10ccccc%10oc9n(c6cc5n3c42)c78)cc(C(C)(C)C)c1. The molecule has 6 heterocycles. The summed E-state index contributed by atoms with van der Waals surface area (Å²) in [5.41, 5.74) is 30.9. The standard InChI is InChI=1S/C98H91N3O/c1-93(2,3)65-37-59(38-66(51-65)94(4,5)6)62-45-74(58-35-36-84-75(44-58)72-31-22-24-33-83(72)99(84)71-30-26-29-57(43-71)56-27-20-19-21-28-56)89-80(48-62)81-49-63(60-39-67(95(7,8)9)52-68(40-60)96(10,11)12)46-78-76-54-77-79-47-64(61-41-69(97(13,14)15)53-70(42-61)98(16,17)18)50-82-88-73-32-23-25-34-87(73)102-92(88)101(91(79)82)86(77)55-85(76)100(89)90(78)81/h19-55H,1-18H3. The molecule has 102 heavy (non-hydrogen) atoms. The smallest absolute Gasteiger partial charge is 0.213 e. The van der Waals surface area contributed by atoms with Crippen molar-refractivity contribution in [2.75, 3.05) is 0 Å². The van der Waals surface area contributed by atoms with Gasteiger partial charge in [0.15, 0.2) is 0 Å². The van der Waals surface area contributed by atoms with Crippen LogP contribution in [0.25, 0.3) is 170 Å². The summed E-state index contributed by atoms with van der Waals surface area (Å²) in [5, 5.41) is 13.3. The van der Waals surface area contributed by atoms with Gasteiger partial charge in [-0.25, -0.2) is 0 Å². The fourth-order valence-electron chi connectivity index (χ4n) is 16.7. The third-order valence-corrected chi connectivity index (χ3v) is 22.7. The van der Waals surface area contributed by atoms with E-state index < -0.39 is 0 Å². The van der Waals surface area contributed by atoms with E-state index in [0.717, 1.165) is 33.3 Å². The monoisotopic (exact) mass is 1330 g/mol. The zero-order chi connectivity index (χ0) is 71.0. The van der Waals surface area contributed by atoms with Crippen molar-refractivity contribution < 1.29 is 4.42 Å². The van der Waals surface area contributed by atoms with Crippen molar-refractivity contribution in [2.24, 2.45) is 0 Å². The van der Waals surface area contributed by atoms with Gasteiger partial charge in [0.25, 0.3) is 0 Å². The van der Waals surface area contributed by atoms with Crippen LogP contribution in [0.1, 0.15) is 158 Å². The van der Waals surface area contributed by atoms with E-state index in [9.17, 15) is 0 Å². The molecule has 0 bridgehead atoms. The molecule has 0 amide bonds. The molecule has 0 spiro atoms. The van der Waals surface area contributed by atoms with Crippen molar-refractivity contribution in [3.63, 3.8) is 0 Å². The Balaban J connectivity index is 1.00. The fraction of sp³-hybridized carbons (Fsp3) is 0.245. The third kappa shape index (κ3) is 9.89. The lowest BCUT2D eigenvalue weighted by atomic mass is 9.78. The number of hydrogen-bond acceptors (Lipinski definition) is 1. The second kappa shape index (κ2) is 21.6. The van der Waals surface area contributed by atoms with E-state index >= 15 is 0 Å². The normalized spacial score (nSPS) is 13.4. The molecule has 0 aliphatic rings. The first kappa shape index (κ1) is 63.7. The lowest BCUT2D eigenvalue weighted by molar-refractivity contribution is 0.568. The van der Waals surface area contributed by atoms with Crippen molar-refractivity contribution in [3.05, 3.63) is 258 Å². The number of fused-ring (bicyclic) bond motifs is 17. The summed E-state index contributed by atoms with van der Waals surface area (Å²) < 4.78 is 14.8. The molecule has 4 heteroatoms. The van der Waals surface area contributed by atoms with Gasteiger partial charge in [0.2, 0.25) is 5.71 Å². The quantitative estimate of drug-likeness (QED) is 0.163. The minimum Gasteiger partial charge on any atom is -0.439 e. The topological polar surface area (TPSA) is 26.9 Å². The van der Waals surface area contributed by atoms with Gasteiger partial charge >= 0.3 is 0 Å². The van der Waals surface area contributed by atoms with E-state index in [1.165, 1.54) is 171 Å². The lowest BCUT2D eigenvalue weighted by Gasteiger charge is -2.26. The second-order valence-electron chi connectivity index (χ2n) is 36.0. The molecular weight excluding hydrogens is 1240 g/mol. The summed E-state index contributed by atoms with van der Waals surface area (Å²) >= 11 is 0. The number of benzene rings is 12. The highest BCUT2D eigenvalue weighted by Gasteiger charge is 2.31. The van der Waals surface area contributed by atoms with Crippen LogP contribution in [0.2, 0.25) is 0 Å². The molecule has 18 rings (SSSR count). The van der Waals surface area contributed by atoms with Gasteiger partial charge in [-0.15, -0.1) is 0 Å². The Labute approximate surface area is 599 Å². The molecule has 18 aromatic rings. The molecule has 12 aromatic carbocycles. The predicted octanol–water partition coefficient (Wildman–Crippen LogP) is 28.0. The Morgan fingerprint density at radius 2 is 0.637 bits per heavy atom. The lowest BCUT2D eigenvalue weighted by Crippen LogP contribution is -2.16. The van der Waals surface area contributed by atoms with E-state index in [1.807, 2.05) is 0 Å². The third-order valence-electron chi connectivity index (χ3n) is 22.7. The van der Waals surface area contributed by atoms with Gasteiger partial charge in [-0.05, 0) is 201 Å². The zero-order valence-corrected chi connectivity index (χ0v) is 62.6. The van der Waals surface area contributed by atoms with Crippen LogP contribution in [0.3, 0.4) is 0 Å². The Kier molecular flexibility index (Phi) is 13.5. The van der Waals surface area contributed by atoms with Crippen molar-refractivity contribution in [2.45, 2.75) is 157 Å². The molecule has 4 nitrogen and oxygen atoms in total. The Morgan fingerprint density at radius 1 is 0.235 bits per heavy atom. The average molecular weight is 1330 g/mol. The average Bonchev–Trinajstić information content (AvgIpc) is 1.51. The minimum atomic E-state index is -0.0888. The van der Waals surface area contributed by atoms with Crippen LogP contribution >= 0.6 is 0 Å². The largest absolute Gasteiger partial charge is 0.439 e. The number of hydrogen-bond donors (Lipinski definition) is 0. The minimum absolute atomic E-state index is 0.0534. The second-order valence-corrected chi connectivity index (χ2v) is 36.0.